The van der Waals surface area contributed by atoms with Crippen LogP contribution in [-0.4, -0.2) is 24.9 Å². The molecule has 0 N–H and O–H groups in total. The summed E-state index contributed by atoms with van der Waals surface area (Å²) in [5, 5.41) is 10.7. The zero-order valence-corrected chi connectivity index (χ0v) is 14.5. The van der Waals surface area contributed by atoms with Gasteiger partial charge in [0.2, 0.25) is 17.5 Å². The highest BCUT2D eigenvalue weighted by Crippen LogP contribution is 2.30. The molecule has 0 radical (unpaired) electrons. The molecule has 24 heavy (non-hydrogen) atoms. The van der Waals surface area contributed by atoms with E-state index in [1.807, 2.05) is 24.3 Å². The van der Waals surface area contributed by atoms with Crippen LogP contribution in [-0.2, 0) is 19.0 Å². The summed E-state index contributed by atoms with van der Waals surface area (Å²) in [5.41, 5.74) is 0.766. The van der Waals surface area contributed by atoms with Gasteiger partial charge in [0.25, 0.3) is 0 Å². The van der Waals surface area contributed by atoms with E-state index in [-0.39, 0.29) is 16.8 Å². The molecule has 0 aliphatic rings. The van der Waals surface area contributed by atoms with Crippen molar-refractivity contribution in [2.24, 2.45) is 7.05 Å². The van der Waals surface area contributed by atoms with Crippen molar-refractivity contribution in [3.8, 4) is 11.4 Å². The van der Waals surface area contributed by atoms with Gasteiger partial charge in [-0.15, -0.1) is 10.2 Å². The van der Waals surface area contributed by atoms with Crippen LogP contribution < -0.4 is 0 Å². The number of hydrogen-bond acceptors (Lipinski definition) is 6. The second-order valence-electron chi connectivity index (χ2n) is 4.67. The monoisotopic (exact) mass is 419 g/mol. The minimum absolute atomic E-state index is 0.115. The molecule has 0 amide bonds. The predicted molar refractivity (Wildman–Crippen MR) is 83.0 cm³/mol. The van der Waals surface area contributed by atoms with E-state index in [2.05, 4.69) is 36.3 Å². The van der Waals surface area contributed by atoms with E-state index in [0.29, 0.717) is 5.82 Å². The van der Waals surface area contributed by atoms with Gasteiger partial charge in [-0.25, -0.2) is 0 Å². The summed E-state index contributed by atoms with van der Waals surface area (Å²) < 4.78 is 44.9. The Morgan fingerprint density at radius 2 is 2.08 bits per heavy atom. The number of thioether (sulfide) groups is 1. The molecule has 2 aromatic heterocycles. The van der Waals surface area contributed by atoms with Gasteiger partial charge in [0, 0.05) is 17.1 Å². The number of halogens is 4. The Morgan fingerprint density at radius 3 is 2.75 bits per heavy atom. The van der Waals surface area contributed by atoms with E-state index in [9.17, 15) is 13.2 Å². The predicted octanol–water partition coefficient (Wildman–Crippen LogP) is 3.94. The zero-order chi connectivity index (χ0) is 17.3. The summed E-state index contributed by atoms with van der Waals surface area (Å²) in [5.74, 6) is -0.178. The number of rotatable bonds is 4. The Morgan fingerprint density at radius 1 is 1.29 bits per heavy atom. The topological polar surface area (TPSA) is 69.6 Å². The third-order valence-corrected chi connectivity index (χ3v) is 4.46. The van der Waals surface area contributed by atoms with Gasteiger partial charge >= 0.3 is 6.18 Å². The van der Waals surface area contributed by atoms with Crippen LogP contribution in [0.25, 0.3) is 11.4 Å². The summed E-state index contributed by atoms with van der Waals surface area (Å²) >= 11 is 4.39. The molecule has 0 fully saturated rings. The van der Waals surface area contributed by atoms with Crippen molar-refractivity contribution in [3.63, 3.8) is 0 Å². The molecule has 126 valence electrons. The lowest BCUT2D eigenvalue weighted by atomic mass is 10.2. The summed E-state index contributed by atoms with van der Waals surface area (Å²) in [7, 11) is 1.26. The van der Waals surface area contributed by atoms with E-state index in [1.54, 1.807) is 0 Å². The van der Waals surface area contributed by atoms with Crippen molar-refractivity contribution >= 4 is 27.7 Å². The fraction of sp³-hybridized carbons (Fsp3) is 0.231. The van der Waals surface area contributed by atoms with Gasteiger partial charge in [0.15, 0.2) is 5.16 Å². The average Bonchev–Trinajstić information content (AvgIpc) is 3.11. The standard InChI is InChI=1S/C13H9BrF3N5OS/c1-22-11(13(15,16)17)19-20-12(22)24-6-9-18-10(21-23-9)7-3-2-4-8(14)5-7/h2-5H,6H2,1H3. The van der Waals surface area contributed by atoms with Gasteiger partial charge in [0.1, 0.15) is 0 Å². The van der Waals surface area contributed by atoms with Gasteiger partial charge in [-0.3, -0.25) is 0 Å². The fourth-order valence-electron chi connectivity index (χ4n) is 1.87. The lowest BCUT2D eigenvalue weighted by molar-refractivity contribution is -0.147. The highest BCUT2D eigenvalue weighted by atomic mass is 79.9. The Labute approximate surface area is 146 Å². The minimum Gasteiger partial charge on any atom is -0.338 e. The van der Waals surface area contributed by atoms with Crippen LogP contribution >= 0.6 is 27.7 Å². The van der Waals surface area contributed by atoms with Gasteiger partial charge in [-0.1, -0.05) is 45.0 Å². The maximum absolute atomic E-state index is 12.7. The van der Waals surface area contributed by atoms with E-state index in [1.165, 1.54) is 7.05 Å². The second kappa shape index (κ2) is 6.55. The lowest BCUT2D eigenvalue weighted by Crippen LogP contribution is -2.12. The van der Waals surface area contributed by atoms with Gasteiger partial charge in [0.05, 0.1) is 5.75 Å². The number of aromatic nitrogens is 5. The average molecular weight is 420 g/mol. The van der Waals surface area contributed by atoms with Crippen LogP contribution in [0.4, 0.5) is 13.2 Å². The van der Waals surface area contributed by atoms with E-state index >= 15 is 0 Å². The molecule has 0 spiro atoms. The molecule has 0 unspecified atom stereocenters. The van der Waals surface area contributed by atoms with Crippen molar-refractivity contribution in [1.29, 1.82) is 0 Å². The summed E-state index contributed by atoms with van der Waals surface area (Å²) in [6.45, 7) is 0. The first kappa shape index (κ1) is 17.0. The first-order chi connectivity index (χ1) is 11.3. The molecule has 0 aliphatic carbocycles. The smallest absolute Gasteiger partial charge is 0.338 e. The van der Waals surface area contributed by atoms with Crippen LogP contribution in [0.5, 0.6) is 0 Å². The highest BCUT2D eigenvalue weighted by molar-refractivity contribution is 9.10. The molecule has 0 atom stereocenters. The highest BCUT2D eigenvalue weighted by Gasteiger charge is 2.37. The maximum atomic E-state index is 12.7. The number of alkyl halides is 3. The minimum atomic E-state index is -4.54. The third kappa shape index (κ3) is 3.61. The molecule has 11 heteroatoms. The van der Waals surface area contributed by atoms with Crippen LogP contribution in [0.3, 0.4) is 0 Å². The van der Waals surface area contributed by atoms with Crippen molar-refractivity contribution < 1.29 is 17.7 Å². The van der Waals surface area contributed by atoms with Crippen LogP contribution in [0.1, 0.15) is 11.7 Å². The molecule has 6 nitrogen and oxygen atoms in total. The molecule has 2 heterocycles. The molecule has 3 rings (SSSR count). The third-order valence-electron chi connectivity index (χ3n) is 2.96. The fourth-order valence-corrected chi connectivity index (χ4v) is 3.02. The Balaban J connectivity index is 1.71. The van der Waals surface area contributed by atoms with Crippen molar-refractivity contribution in [2.75, 3.05) is 0 Å². The number of benzene rings is 1. The molecular weight excluding hydrogens is 411 g/mol. The molecule has 0 saturated carbocycles. The van der Waals surface area contributed by atoms with Crippen molar-refractivity contribution in [2.45, 2.75) is 17.1 Å². The normalized spacial score (nSPS) is 11.9. The number of hydrogen-bond donors (Lipinski definition) is 0. The largest absolute Gasteiger partial charge is 0.451 e. The Bertz CT molecular complexity index is 863. The summed E-state index contributed by atoms with van der Waals surface area (Å²) in [6.07, 6.45) is -4.54. The first-order valence-electron chi connectivity index (χ1n) is 6.52. The summed E-state index contributed by atoms with van der Waals surface area (Å²) in [6, 6.07) is 7.36. The molecular formula is C13H9BrF3N5OS. The van der Waals surface area contributed by atoms with E-state index in [4.69, 9.17) is 4.52 Å². The summed E-state index contributed by atoms with van der Waals surface area (Å²) in [4.78, 5) is 4.22. The van der Waals surface area contributed by atoms with Gasteiger partial charge < -0.3 is 9.09 Å². The SMILES string of the molecule is Cn1c(SCc2nc(-c3cccc(Br)c3)no2)nnc1C(F)(F)F. The van der Waals surface area contributed by atoms with Crippen molar-refractivity contribution in [3.05, 3.63) is 40.5 Å². The van der Waals surface area contributed by atoms with E-state index in [0.717, 1.165) is 26.4 Å². The lowest BCUT2D eigenvalue weighted by Gasteiger charge is -2.05. The number of nitrogens with zero attached hydrogens (tertiary/aromatic N) is 5. The van der Waals surface area contributed by atoms with Crippen LogP contribution in [0.15, 0.2) is 38.4 Å². The van der Waals surface area contributed by atoms with Crippen LogP contribution in [0, 0.1) is 0 Å². The van der Waals surface area contributed by atoms with E-state index < -0.39 is 12.0 Å². The molecule has 0 aliphatic heterocycles. The Kier molecular flexibility index (Phi) is 4.63. The van der Waals surface area contributed by atoms with Gasteiger partial charge in [-0.05, 0) is 12.1 Å². The first-order valence-corrected chi connectivity index (χ1v) is 8.30. The quantitative estimate of drug-likeness (QED) is 0.596. The van der Waals surface area contributed by atoms with Crippen LogP contribution in [0.2, 0.25) is 0 Å². The zero-order valence-electron chi connectivity index (χ0n) is 12.1. The van der Waals surface area contributed by atoms with Crippen molar-refractivity contribution in [1.82, 2.24) is 24.9 Å². The molecule has 1 aromatic carbocycles. The molecule has 0 bridgehead atoms. The molecule has 0 saturated heterocycles. The van der Waals surface area contributed by atoms with Gasteiger partial charge in [-0.2, -0.15) is 18.2 Å². The Hall–Kier alpha value is -1.88. The second-order valence-corrected chi connectivity index (χ2v) is 6.53. The maximum Gasteiger partial charge on any atom is 0.451 e. The molecule has 3 aromatic rings.